The SMILES string of the molecule is O=C(Nc1ccc(S(=O)(=O)Nc2ccccn2)cc1)c1cc2c(cc1Cl)COB2O. The molecule has 0 atom stereocenters. The molecule has 3 N–H and O–H groups in total. The molecule has 2 heterocycles. The molecule has 0 saturated carbocycles. The predicted molar refractivity (Wildman–Crippen MR) is 113 cm³/mol. The number of nitrogens with one attached hydrogen (secondary N) is 2. The molecule has 0 bridgehead atoms. The summed E-state index contributed by atoms with van der Waals surface area (Å²) < 4.78 is 32.4. The van der Waals surface area contributed by atoms with Gasteiger partial charge in [0.1, 0.15) is 5.82 Å². The highest BCUT2D eigenvalue weighted by Crippen LogP contribution is 2.23. The largest absolute Gasteiger partial charge is 0.491 e. The number of aromatic nitrogens is 1. The Morgan fingerprint density at radius 2 is 1.93 bits per heavy atom. The second kappa shape index (κ2) is 8.08. The molecule has 0 saturated heterocycles. The molecular formula is C19H15BClN3O5S. The molecule has 8 nitrogen and oxygen atoms in total. The first-order valence-electron chi connectivity index (χ1n) is 8.81. The maximum absolute atomic E-state index is 12.6. The minimum absolute atomic E-state index is 0.0157. The fraction of sp³-hybridized carbons (Fsp3) is 0.0526. The first-order chi connectivity index (χ1) is 14.3. The topological polar surface area (TPSA) is 118 Å². The number of carbonyl (C=O) groups excluding carboxylic acids is 1. The van der Waals surface area contributed by atoms with E-state index >= 15 is 0 Å². The molecule has 1 aromatic heterocycles. The molecule has 11 heteroatoms. The Hall–Kier alpha value is -2.92. The number of halogens is 1. The van der Waals surface area contributed by atoms with Crippen molar-refractivity contribution in [2.75, 3.05) is 10.0 Å². The number of amides is 1. The maximum atomic E-state index is 12.6. The number of carbonyl (C=O) groups is 1. The van der Waals surface area contributed by atoms with Crippen molar-refractivity contribution < 1.29 is 22.9 Å². The van der Waals surface area contributed by atoms with Crippen molar-refractivity contribution >= 4 is 51.6 Å². The van der Waals surface area contributed by atoms with E-state index in [0.717, 1.165) is 5.56 Å². The van der Waals surface area contributed by atoms with Crippen LogP contribution >= 0.6 is 11.6 Å². The second-order valence-electron chi connectivity index (χ2n) is 6.49. The highest BCUT2D eigenvalue weighted by molar-refractivity contribution is 7.92. The van der Waals surface area contributed by atoms with Crippen LogP contribution in [0.25, 0.3) is 0 Å². The van der Waals surface area contributed by atoms with Crippen molar-refractivity contribution in [3.8, 4) is 0 Å². The van der Waals surface area contributed by atoms with Gasteiger partial charge in [0.2, 0.25) is 0 Å². The summed E-state index contributed by atoms with van der Waals surface area (Å²) in [6.07, 6.45) is 1.48. The lowest BCUT2D eigenvalue weighted by Crippen LogP contribution is -2.29. The number of nitrogens with zero attached hydrogens (tertiary/aromatic N) is 1. The Labute approximate surface area is 178 Å². The van der Waals surface area contributed by atoms with Crippen LogP contribution in [0.1, 0.15) is 15.9 Å². The van der Waals surface area contributed by atoms with Crippen LogP contribution in [0.2, 0.25) is 5.02 Å². The molecule has 30 heavy (non-hydrogen) atoms. The molecule has 1 amide bonds. The molecule has 152 valence electrons. The molecule has 2 aromatic carbocycles. The standard InChI is InChI=1S/C19H15BClN3O5S/c21-17-9-12-11-29-20(26)16(12)10-15(17)19(25)23-13-4-6-14(7-5-13)30(27,28)24-18-3-1-2-8-22-18/h1-10,26H,11H2,(H,22,24)(H,23,25). The van der Waals surface area contributed by atoms with Gasteiger partial charge in [0, 0.05) is 11.9 Å². The first kappa shape index (κ1) is 20.4. The Morgan fingerprint density at radius 1 is 1.17 bits per heavy atom. The van der Waals surface area contributed by atoms with Crippen LogP contribution in [-0.4, -0.2) is 31.5 Å². The fourth-order valence-corrected chi connectivity index (χ4v) is 4.23. The van der Waals surface area contributed by atoms with E-state index < -0.39 is 23.0 Å². The molecule has 4 rings (SSSR count). The van der Waals surface area contributed by atoms with E-state index in [1.54, 1.807) is 18.2 Å². The van der Waals surface area contributed by atoms with Crippen LogP contribution < -0.4 is 15.5 Å². The van der Waals surface area contributed by atoms with Gasteiger partial charge in [-0.15, -0.1) is 0 Å². The molecule has 1 aliphatic heterocycles. The van der Waals surface area contributed by atoms with Gasteiger partial charge in [-0.1, -0.05) is 17.7 Å². The predicted octanol–water partition coefficient (Wildman–Crippen LogP) is 2.01. The number of sulfonamides is 1. The summed E-state index contributed by atoms with van der Waals surface area (Å²) in [6.45, 7) is 0.223. The number of pyridine rings is 1. The summed E-state index contributed by atoms with van der Waals surface area (Å²) in [5.41, 5.74) is 1.77. The number of benzene rings is 2. The molecule has 0 unspecified atom stereocenters. The average molecular weight is 444 g/mol. The van der Waals surface area contributed by atoms with Gasteiger partial charge in [0.15, 0.2) is 0 Å². The maximum Gasteiger partial charge on any atom is 0.491 e. The zero-order valence-corrected chi connectivity index (χ0v) is 16.9. The van der Waals surface area contributed by atoms with Crippen LogP contribution in [0.3, 0.4) is 0 Å². The average Bonchev–Trinajstić information content (AvgIpc) is 3.08. The third-order valence-electron chi connectivity index (χ3n) is 4.46. The molecule has 0 spiro atoms. The highest BCUT2D eigenvalue weighted by atomic mass is 35.5. The van der Waals surface area contributed by atoms with Crippen LogP contribution in [0.5, 0.6) is 0 Å². The van der Waals surface area contributed by atoms with Crippen molar-refractivity contribution in [3.63, 3.8) is 0 Å². The zero-order valence-electron chi connectivity index (χ0n) is 15.4. The normalized spacial score (nSPS) is 13.1. The van der Waals surface area contributed by atoms with E-state index in [0.29, 0.717) is 11.2 Å². The van der Waals surface area contributed by atoms with Crippen molar-refractivity contribution in [2.45, 2.75) is 11.5 Å². The van der Waals surface area contributed by atoms with Gasteiger partial charge in [0.25, 0.3) is 15.9 Å². The quantitative estimate of drug-likeness (QED) is 0.519. The lowest BCUT2D eigenvalue weighted by atomic mass is 9.78. The summed E-state index contributed by atoms with van der Waals surface area (Å²) in [5.74, 6) is -0.295. The number of rotatable bonds is 5. The van der Waals surface area contributed by atoms with E-state index in [1.165, 1.54) is 42.6 Å². The molecular weight excluding hydrogens is 429 g/mol. The van der Waals surface area contributed by atoms with Gasteiger partial charge in [-0.05, 0) is 59.6 Å². The number of anilines is 2. The minimum Gasteiger partial charge on any atom is -0.423 e. The van der Waals surface area contributed by atoms with E-state index in [2.05, 4.69) is 15.0 Å². The smallest absolute Gasteiger partial charge is 0.423 e. The summed E-state index contributed by atoms with van der Waals surface area (Å²) in [4.78, 5) is 16.6. The number of hydrogen-bond donors (Lipinski definition) is 3. The van der Waals surface area contributed by atoms with E-state index in [1.807, 2.05) is 0 Å². The zero-order chi connectivity index (χ0) is 21.3. The van der Waals surface area contributed by atoms with Gasteiger partial charge in [0.05, 0.1) is 22.1 Å². The van der Waals surface area contributed by atoms with Crippen LogP contribution in [-0.2, 0) is 21.3 Å². The lowest BCUT2D eigenvalue weighted by molar-refractivity contribution is 0.102. The Bertz CT molecular complexity index is 1210. The van der Waals surface area contributed by atoms with Gasteiger partial charge in [-0.25, -0.2) is 13.4 Å². The van der Waals surface area contributed by atoms with Crippen LogP contribution in [0.15, 0.2) is 65.7 Å². The van der Waals surface area contributed by atoms with Gasteiger partial charge in [-0.3, -0.25) is 9.52 Å². The second-order valence-corrected chi connectivity index (χ2v) is 8.58. The Kier molecular flexibility index (Phi) is 5.48. The van der Waals surface area contributed by atoms with Crippen LogP contribution in [0.4, 0.5) is 11.5 Å². The third-order valence-corrected chi connectivity index (χ3v) is 6.15. The molecule has 0 aliphatic carbocycles. The Balaban J connectivity index is 1.50. The van der Waals surface area contributed by atoms with Crippen LogP contribution in [0, 0.1) is 0 Å². The van der Waals surface area contributed by atoms with E-state index in [9.17, 15) is 18.2 Å². The summed E-state index contributed by atoms with van der Waals surface area (Å²) in [6, 6.07) is 13.6. The minimum atomic E-state index is -3.82. The van der Waals surface area contributed by atoms with Crippen molar-refractivity contribution in [2.24, 2.45) is 0 Å². The number of hydrogen-bond acceptors (Lipinski definition) is 6. The highest BCUT2D eigenvalue weighted by Gasteiger charge is 2.29. The Morgan fingerprint density at radius 3 is 2.63 bits per heavy atom. The monoisotopic (exact) mass is 443 g/mol. The van der Waals surface area contributed by atoms with Crippen molar-refractivity contribution in [3.05, 3.63) is 76.9 Å². The van der Waals surface area contributed by atoms with Crippen molar-refractivity contribution in [1.29, 1.82) is 0 Å². The fourth-order valence-electron chi connectivity index (χ4n) is 2.95. The number of fused-ring (bicyclic) bond motifs is 1. The third kappa shape index (κ3) is 4.17. The molecule has 1 aliphatic rings. The van der Waals surface area contributed by atoms with Gasteiger partial charge >= 0.3 is 7.12 Å². The lowest BCUT2D eigenvalue weighted by Gasteiger charge is -2.10. The van der Waals surface area contributed by atoms with Gasteiger partial charge in [-0.2, -0.15) is 0 Å². The van der Waals surface area contributed by atoms with E-state index in [4.69, 9.17) is 16.3 Å². The summed E-state index contributed by atoms with van der Waals surface area (Å²) in [5, 5.41) is 12.7. The first-order valence-corrected chi connectivity index (χ1v) is 10.7. The molecule has 3 aromatic rings. The molecule has 0 radical (unpaired) electrons. The van der Waals surface area contributed by atoms with Gasteiger partial charge < -0.3 is 15.0 Å². The summed E-state index contributed by atoms with van der Waals surface area (Å²) >= 11 is 6.19. The molecule has 0 fully saturated rings. The summed E-state index contributed by atoms with van der Waals surface area (Å²) in [7, 11) is -4.92. The van der Waals surface area contributed by atoms with E-state index in [-0.39, 0.29) is 27.9 Å². The van der Waals surface area contributed by atoms with Crippen molar-refractivity contribution in [1.82, 2.24) is 4.98 Å².